The van der Waals surface area contributed by atoms with Crippen LogP contribution in [-0.4, -0.2) is 86.7 Å². The number of ether oxygens (including phenoxy) is 4. The maximum absolute atomic E-state index is 13.0. The first-order chi connectivity index (χ1) is 16.6. The molecule has 0 bridgehead atoms. The van der Waals surface area contributed by atoms with Crippen LogP contribution in [0.1, 0.15) is 10.4 Å². The normalized spacial score (nSPS) is 17.1. The fraction of sp³-hybridized carbons (Fsp3) is 0.429. The molecule has 0 N–H and O–H groups in total. The Morgan fingerprint density at radius 2 is 1.79 bits per heavy atom. The minimum absolute atomic E-state index is 0.0151. The molecule has 1 fully saturated rings. The van der Waals surface area contributed by atoms with Gasteiger partial charge in [-0.15, -0.1) is 15.0 Å². The van der Waals surface area contributed by atoms with Crippen molar-refractivity contribution >= 4 is 17.7 Å². The number of hydrogen-bond donors (Lipinski definition) is 0. The fourth-order valence-corrected chi connectivity index (χ4v) is 4.20. The second kappa shape index (κ2) is 11.1. The van der Waals surface area contributed by atoms with E-state index in [0.29, 0.717) is 24.9 Å². The average molecular weight is 489 g/mol. The van der Waals surface area contributed by atoms with Crippen molar-refractivity contribution in [3.63, 3.8) is 0 Å². The number of carbonyl (C=O) groups excluding carboxylic acids is 1. The Labute approximate surface area is 199 Å². The standard InChI is InChI=1S/C21H24N6O6S/c1-3-7-31-18-23-19(32-8-4-2)25-20(24-18)33-13-14-12-26(5-9-30-14)16(28)15-11-22-21-27(17(15)29)6-10-34-21/h3-4,11,14H,1-2,5-10,12-13H2. The molecule has 0 radical (unpaired) electrons. The SMILES string of the molecule is C=CCOc1nc(OCC=C)nc(OCC2CN(C(=O)c3cnc4n(c3=O)CCS4)CCO2)n1. The molecule has 13 heteroatoms. The summed E-state index contributed by atoms with van der Waals surface area (Å²) in [7, 11) is 0. The fourth-order valence-electron chi connectivity index (χ4n) is 3.29. The van der Waals surface area contributed by atoms with Crippen LogP contribution < -0.4 is 19.8 Å². The Morgan fingerprint density at radius 1 is 1.12 bits per heavy atom. The third kappa shape index (κ3) is 5.54. The smallest absolute Gasteiger partial charge is 0.326 e. The molecule has 0 aliphatic carbocycles. The molecule has 0 aromatic carbocycles. The van der Waals surface area contributed by atoms with Gasteiger partial charge in [0.2, 0.25) is 0 Å². The monoisotopic (exact) mass is 488 g/mol. The molecule has 4 heterocycles. The van der Waals surface area contributed by atoms with Gasteiger partial charge in [0.05, 0.1) is 13.2 Å². The zero-order chi connectivity index (χ0) is 23.9. The molecule has 0 spiro atoms. The van der Waals surface area contributed by atoms with Gasteiger partial charge in [0, 0.05) is 25.0 Å². The van der Waals surface area contributed by atoms with Gasteiger partial charge in [-0.25, -0.2) is 4.98 Å². The van der Waals surface area contributed by atoms with Gasteiger partial charge in [-0.2, -0.15) is 0 Å². The van der Waals surface area contributed by atoms with Crippen LogP contribution in [0.3, 0.4) is 0 Å². The first kappa shape index (κ1) is 23.7. The lowest BCUT2D eigenvalue weighted by atomic mass is 10.2. The Hall–Kier alpha value is -3.45. The zero-order valence-electron chi connectivity index (χ0n) is 18.4. The van der Waals surface area contributed by atoms with E-state index in [1.165, 1.54) is 22.5 Å². The summed E-state index contributed by atoms with van der Waals surface area (Å²) in [5.41, 5.74) is -0.262. The lowest BCUT2D eigenvalue weighted by molar-refractivity contribution is -0.0416. The number of nitrogens with zero attached hydrogens (tertiary/aromatic N) is 6. The third-order valence-corrected chi connectivity index (χ3v) is 5.82. The quantitative estimate of drug-likeness (QED) is 0.344. The van der Waals surface area contributed by atoms with E-state index in [4.69, 9.17) is 18.9 Å². The lowest BCUT2D eigenvalue weighted by Gasteiger charge is -2.32. The Balaban J connectivity index is 1.40. The van der Waals surface area contributed by atoms with Gasteiger partial charge >= 0.3 is 18.0 Å². The van der Waals surface area contributed by atoms with E-state index in [0.717, 1.165) is 5.75 Å². The van der Waals surface area contributed by atoms with Crippen molar-refractivity contribution < 1.29 is 23.7 Å². The molecular formula is C21H24N6O6S. The number of thioether (sulfide) groups is 1. The third-order valence-electron chi connectivity index (χ3n) is 4.85. The molecule has 180 valence electrons. The van der Waals surface area contributed by atoms with Gasteiger partial charge in [-0.05, 0) is 0 Å². The van der Waals surface area contributed by atoms with E-state index in [1.54, 1.807) is 17.1 Å². The summed E-state index contributed by atoms with van der Waals surface area (Å²) >= 11 is 1.50. The second-order valence-corrected chi connectivity index (χ2v) is 8.26. The molecule has 34 heavy (non-hydrogen) atoms. The van der Waals surface area contributed by atoms with Crippen molar-refractivity contribution in [2.75, 3.05) is 45.3 Å². The van der Waals surface area contributed by atoms with Crippen LogP contribution in [0.2, 0.25) is 0 Å². The van der Waals surface area contributed by atoms with Gasteiger partial charge in [0.15, 0.2) is 5.16 Å². The van der Waals surface area contributed by atoms with Gasteiger partial charge in [0.25, 0.3) is 11.5 Å². The summed E-state index contributed by atoms with van der Waals surface area (Å²) in [6.07, 6.45) is 4.01. The predicted octanol–water partition coefficient (Wildman–Crippen LogP) is 0.584. The van der Waals surface area contributed by atoms with Gasteiger partial charge in [-0.3, -0.25) is 14.2 Å². The van der Waals surface area contributed by atoms with E-state index in [2.05, 4.69) is 33.1 Å². The number of rotatable bonds is 10. The number of morpholine rings is 1. The van der Waals surface area contributed by atoms with Crippen LogP contribution in [0.15, 0.2) is 41.5 Å². The number of carbonyl (C=O) groups is 1. The first-order valence-electron chi connectivity index (χ1n) is 10.6. The molecule has 12 nitrogen and oxygen atoms in total. The topological polar surface area (TPSA) is 131 Å². The molecular weight excluding hydrogens is 464 g/mol. The highest BCUT2D eigenvalue weighted by molar-refractivity contribution is 7.99. The van der Waals surface area contributed by atoms with Crippen molar-refractivity contribution in [1.82, 2.24) is 29.4 Å². The largest absolute Gasteiger partial charge is 0.460 e. The number of amides is 1. The Kier molecular flexibility index (Phi) is 7.75. The van der Waals surface area contributed by atoms with E-state index in [-0.39, 0.29) is 61.4 Å². The predicted molar refractivity (Wildman–Crippen MR) is 122 cm³/mol. The molecule has 4 rings (SSSR count). The first-order valence-corrected chi connectivity index (χ1v) is 11.6. The highest BCUT2D eigenvalue weighted by Crippen LogP contribution is 2.21. The summed E-state index contributed by atoms with van der Waals surface area (Å²) in [5.74, 6) is 0.396. The van der Waals surface area contributed by atoms with Crippen LogP contribution in [0.4, 0.5) is 0 Å². The summed E-state index contributed by atoms with van der Waals surface area (Å²) in [4.78, 5) is 43.8. The summed E-state index contributed by atoms with van der Waals surface area (Å²) in [5, 5.41) is 0.639. The van der Waals surface area contributed by atoms with Crippen LogP contribution in [0.25, 0.3) is 0 Å². The van der Waals surface area contributed by atoms with Crippen molar-refractivity contribution in [1.29, 1.82) is 0 Å². The lowest BCUT2D eigenvalue weighted by Crippen LogP contribution is -2.49. The molecule has 2 aliphatic rings. The summed E-state index contributed by atoms with van der Waals surface area (Å²) in [6.45, 7) is 9.08. The average Bonchev–Trinajstić information content (AvgIpc) is 3.35. The molecule has 2 aromatic rings. The number of hydrogen-bond acceptors (Lipinski definition) is 11. The number of aromatic nitrogens is 5. The van der Waals surface area contributed by atoms with Crippen LogP contribution in [0.5, 0.6) is 18.0 Å². The molecule has 1 saturated heterocycles. The maximum Gasteiger partial charge on any atom is 0.326 e. The van der Waals surface area contributed by atoms with Crippen molar-refractivity contribution in [3.05, 3.63) is 47.4 Å². The number of fused-ring (bicyclic) bond motifs is 1. The zero-order valence-corrected chi connectivity index (χ0v) is 19.2. The van der Waals surface area contributed by atoms with E-state index < -0.39 is 6.10 Å². The Morgan fingerprint density at radius 3 is 2.47 bits per heavy atom. The van der Waals surface area contributed by atoms with Crippen molar-refractivity contribution in [2.45, 2.75) is 17.8 Å². The minimum Gasteiger partial charge on any atom is -0.460 e. The molecule has 1 unspecified atom stereocenters. The Bertz CT molecular complexity index is 1100. The molecule has 1 atom stereocenters. The highest BCUT2D eigenvalue weighted by atomic mass is 32.2. The maximum atomic E-state index is 13.0. The van der Waals surface area contributed by atoms with Gasteiger partial charge in [-0.1, -0.05) is 37.1 Å². The van der Waals surface area contributed by atoms with Crippen LogP contribution >= 0.6 is 11.8 Å². The van der Waals surface area contributed by atoms with Crippen molar-refractivity contribution in [2.24, 2.45) is 0 Å². The molecule has 2 aromatic heterocycles. The van der Waals surface area contributed by atoms with Gasteiger partial charge < -0.3 is 23.8 Å². The molecule has 1 amide bonds. The summed E-state index contributed by atoms with van der Waals surface area (Å²) < 4.78 is 23.7. The second-order valence-electron chi connectivity index (χ2n) is 7.20. The van der Waals surface area contributed by atoms with Gasteiger partial charge in [0.1, 0.15) is 31.5 Å². The minimum atomic E-state index is -0.453. The van der Waals surface area contributed by atoms with E-state index >= 15 is 0 Å². The van der Waals surface area contributed by atoms with Crippen LogP contribution in [-0.2, 0) is 11.3 Å². The molecule has 2 aliphatic heterocycles. The van der Waals surface area contributed by atoms with Crippen molar-refractivity contribution in [3.8, 4) is 18.0 Å². The van der Waals surface area contributed by atoms with E-state index in [1.807, 2.05) is 0 Å². The molecule has 0 saturated carbocycles. The van der Waals surface area contributed by atoms with Crippen LogP contribution in [0, 0.1) is 0 Å². The summed E-state index contributed by atoms with van der Waals surface area (Å²) in [6, 6.07) is 0.0277. The van der Waals surface area contributed by atoms with E-state index in [9.17, 15) is 9.59 Å². The highest BCUT2D eigenvalue weighted by Gasteiger charge is 2.29.